The number of carbonyl (C=O) groups excluding carboxylic acids is 1. The molecule has 26 heavy (non-hydrogen) atoms. The predicted octanol–water partition coefficient (Wildman–Crippen LogP) is 1.93. The largest absolute Gasteiger partial charge is 0.445 e. The van der Waals surface area contributed by atoms with Crippen LogP contribution in [0.15, 0.2) is 30.3 Å². The van der Waals surface area contributed by atoms with Crippen molar-refractivity contribution in [3.8, 4) is 0 Å². The number of anilines is 3. The number of ether oxygens (including phenoxy) is 1. The van der Waals surface area contributed by atoms with E-state index in [1.54, 1.807) is 0 Å². The lowest BCUT2D eigenvalue weighted by molar-refractivity contribution is 0.139. The Bertz CT molecular complexity index is 662. The summed E-state index contributed by atoms with van der Waals surface area (Å²) in [6.45, 7) is 1.60. The van der Waals surface area contributed by atoms with Crippen molar-refractivity contribution >= 4 is 23.9 Å². The minimum atomic E-state index is -0.388. The Balaban J connectivity index is 1.46. The standard InChI is InChI=1S/C17H25N7O2/c18-14-22-15(19)24-16(23-14)20-10-6-1-2-7-11-21-17(25)26-12-13-8-4-3-5-9-13/h3-5,8-9H,1-2,6-7,10-12H2,(H,21,25)(H5,18,19,20,22,23,24). The van der Waals surface area contributed by atoms with E-state index in [2.05, 4.69) is 25.6 Å². The molecule has 6 N–H and O–H groups in total. The van der Waals surface area contributed by atoms with E-state index >= 15 is 0 Å². The molecule has 0 aliphatic heterocycles. The van der Waals surface area contributed by atoms with Crippen LogP contribution in [-0.2, 0) is 11.3 Å². The molecule has 2 aromatic rings. The highest BCUT2D eigenvalue weighted by Crippen LogP contribution is 2.05. The van der Waals surface area contributed by atoms with Crippen LogP contribution in [0.2, 0.25) is 0 Å². The number of amides is 1. The highest BCUT2D eigenvalue weighted by Gasteiger charge is 2.02. The molecule has 9 nitrogen and oxygen atoms in total. The van der Waals surface area contributed by atoms with Crippen LogP contribution >= 0.6 is 0 Å². The summed E-state index contributed by atoms with van der Waals surface area (Å²) in [6.07, 6.45) is 3.47. The maximum absolute atomic E-state index is 11.6. The lowest BCUT2D eigenvalue weighted by Crippen LogP contribution is -2.25. The second kappa shape index (κ2) is 10.7. The van der Waals surface area contributed by atoms with Crippen LogP contribution < -0.4 is 22.1 Å². The first-order chi connectivity index (χ1) is 12.6. The number of carbonyl (C=O) groups is 1. The summed E-state index contributed by atoms with van der Waals surface area (Å²) in [5, 5.41) is 5.81. The lowest BCUT2D eigenvalue weighted by atomic mass is 10.2. The second-order valence-corrected chi connectivity index (χ2v) is 5.70. The van der Waals surface area contributed by atoms with E-state index in [-0.39, 0.29) is 24.6 Å². The van der Waals surface area contributed by atoms with Gasteiger partial charge < -0.3 is 26.8 Å². The smallest absolute Gasteiger partial charge is 0.407 e. The van der Waals surface area contributed by atoms with Gasteiger partial charge in [0.1, 0.15) is 6.61 Å². The number of unbranched alkanes of at least 4 members (excludes halogenated alkanes) is 3. The van der Waals surface area contributed by atoms with E-state index in [0.29, 0.717) is 12.5 Å². The van der Waals surface area contributed by atoms with E-state index in [9.17, 15) is 4.79 Å². The summed E-state index contributed by atoms with van der Waals surface area (Å²) < 4.78 is 5.14. The summed E-state index contributed by atoms with van der Waals surface area (Å²) in [6, 6.07) is 9.59. The number of nitrogens with two attached hydrogens (primary N) is 2. The number of nitrogens with zero attached hydrogens (tertiary/aromatic N) is 3. The van der Waals surface area contributed by atoms with Gasteiger partial charge in [0.05, 0.1) is 0 Å². The van der Waals surface area contributed by atoms with Gasteiger partial charge in [-0.3, -0.25) is 0 Å². The molecular weight excluding hydrogens is 334 g/mol. The van der Waals surface area contributed by atoms with E-state index < -0.39 is 0 Å². The third-order valence-corrected chi connectivity index (χ3v) is 3.54. The predicted molar refractivity (Wildman–Crippen MR) is 100 cm³/mol. The lowest BCUT2D eigenvalue weighted by Gasteiger charge is -2.07. The molecule has 0 aliphatic carbocycles. The zero-order valence-corrected chi connectivity index (χ0v) is 14.6. The summed E-state index contributed by atoms with van der Waals surface area (Å²) in [4.78, 5) is 23.2. The van der Waals surface area contributed by atoms with Crippen LogP contribution in [0, 0.1) is 0 Å². The molecular formula is C17H25N7O2. The Morgan fingerprint density at radius 2 is 1.58 bits per heavy atom. The topological polar surface area (TPSA) is 141 Å². The molecule has 1 amide bonds. The third kappa shape index (κ3) is 7.65. The third-order valence-electron chi connectivity index (χ3n) is 3.54. The molecule has 0 aliphatic rings. The van der Waals surface area contributed by atoms with E-state index in [1.807, 2.05) is 30.3 Å². The van der Waals surface area contributed by atoms with Gasteiger partial charge in [0.15, 0.2) is 0 Å². The van der Waals surface area contributed by atoms with Crippen LogP contribution in [0.1, 0.15) is 31.2 Å². The molecule has 9 heteroatoms. The number of hydrogen-bond acceptors (Lipinski definition) is 8. The Morgan fingerprint density at radius 3 is 2.27 bits per heavy atom. The van der Waals surface area contributed by atoms with Crippen molar-refractivity contribution in [3.05, 3.63) is 35.9 Å². The number of rotatable bonds is 10. The number of nitrogens with one attached hydrogen (secondary N) is 2. The quantitative estimate of drug-likeness (QED) is 0.472. The Kier molecular flexibility index (Phi) is 7.91. The summed E-state index contributed by atoms with van der Waals surface area (Å²) in [5.74, 6) is 0.591. The first-order valence-corrected chi connectivity index (χ1v) is 8.59. The van der Waals surface area contributed by atoms with Crippen molar-refractivity contribution in [2.45, 2.75) is 32.3 Å². The molecule has 0 spiro atoms. The average molecular weight is 359 g/mol. The Labute approximate surface area is 152 Å². The average Bonchev–Trinajstić information content (AvgIpc) is 2.62. The van der Waals surface area contributed by atoms with Crippen molar-refractivity contribution in [3.63, 3.8) is 0 Å². The fraction of sp³-hybridized carbons (Fsp3) is 0.412. The summed E-state index contributed by atoms with van der Waals surface area (Å²) in [7, 11) is 0. The molecule has 0 fully saturated rings. The molecule has 0 unspecified atom stereocenters. The number of alkyl carbamates (subject to hydrolysis) is 1. The van der Waals surface area contributed by atoms with Crippen molar-refractivity contribution in [2.24, 2.45) is 0 Å². The van der Waals surface area contributed by atoms with Crippen molar-refractivity contribution in [1.82, 2.24) is 20.3 Å². The van der Waals surface area contributed by atoms with Gasteiger partial charge in [-0.1, -0.05) is 43.2 Å². The first kappa shape index (κ1) is 19.2. The van der Waals surface area contributed by atoms with Crippen LogP contribution in [0.4, 0.5) is 22.6 Å². The molecule has 1 aromatic carbocycles. The van der Waals surface area contributed by atoms with Gasteiger partial charge in [0.25, 0.3) is 0 Å². The van der Waals surface area contributed by atoms with Gasteiger partial charge in [-0.25, -0.2) is 4.79 Å². The van der Waals surface area contributed by atoms with E-state index in [1.165, 1.54) is 0 Å². The minimum Gasteiger partial charge on any atom is -0.445 e. The molecule has 0 saturated heterocycles. The molecule has 140 valence electrons. The number of benzene rings is 1. The zero-order valence-electron chi connectivity index (χ0n) is 14.6. The molecule has 0 bridgehead atoms. The van der Waals surface area contributed by atoms with Crippen LogP contribution in [0.3, 0.4) is 0 Å². The van der Waals surface area contributed by atoms with Crippen LogP contribution in [-0.4, -0.2) is 34.1 Å². The van der Waals surface area contributed by atoms with Crippen molar-refractivity contribution in [2.75, 3.05) is 29.9 Å². The Hall–Kier alpha value is -3.10. The number of aromatic nitrogens is 3. The van der Waals surface area contributed by atoms with Crippen molar-refractivity contribution < 1.29 is 9.53 Å². The highest BCUT2D eigenvalue weighted by atomic mass is 16.5. The van der Waals surface area contributed by atoms with E-state index in [0.717, 1.165) is 37.8 Å². The number of nitrogen functional groups attached to an aromatic ring is 2. The first-order valence-electron chi connectivity index (χ1n) is 8.59. The van der Waals surface area contributed by atoms with Gasteiger partial charge in [0, 0.05) is 13.1 Å². The Morgan fingerprint density at radius 1 is 0.923 bits per heavy atom. The van der Waals surface area contributed by atoms with Gasteiger partial charge in [-0.05, 0) is 18.4 Å². The monoisotopic (exact) mass is 359 g/mol. The molecule has 0 saturated carbocycles. The maximum Gasteiger partial charge on any atom is 0.407 e. The van der Waals surface area contributed by atoms with Gasteiger partial charge in [-0.15, -0.1) is 0 Å². The maximum atomic E-state index is 11.6. The molecule has 2 rings (SSSR count). The zero-order chi connectivity index (χ0) is 18.6. The minimum absolute atomic E-state index is 0.102. The fourth-order valence-electron chi connectivity index (χ4n) is 2.26. The normalized spacial score (nSPS) is 10.3. The second-order valence-electron chi connectivity index (χ2n) is 5.70. The summed E-state index contributed by atoms with van der Waals surface area (Å²) in [5.41, 5.74) is 12.0. The number of hydrogen-bond donors (Lipinski definition) is 4. The highest BCUT2D eigenvalue weighted by molar-refractivity contribution is 5.67. The molecule has 0 radical (unpaired) electrons. The van der Waals surface area contributed by atoms with Gasteiger partial charge in [-0.2, -0.15) is 15.0 Å². The fourth-order valence-corrected chi connectivity index (χ4v) is 2.26. The summed E-state index contributed by atoms with van der Waals surface area (Å²) >= 11 is 0. The molecule has 1 heterocycles. The van der Waals surface area contributed by atoms with Gasteiger partial charge >= 0.3 is 6.09 Å². The van der Waals surface area contributed by atoms with E-state index in [4.69, 9.17) is 16.2 Å². The van der Waals surface area contributed by atoms with Crippen LogP contribution in [0.25, 0.3) is 0 Å². The van der Waals surface area contributed by atoms with Gasteiger partial charge in [0.2, 0.25) is 17.8 Å². The van der Waals surface area contributed by atoms with Crippen molar-refractivity contribution in [1.29, 1.82) is 0 Å². The SMILES string of the molecule is Nc1nc(N)nc(NCCCCCCNC(=O)OCc2ccccc2)n1. The molecule has 0 atom stereocenters. The van der Waals surface area contributed by atoms with Crippen LogP contribution in [0.5, 0.6) is 0 Å². The molecule has 1 aromatic heterocycles.